The summed E-state index contributed by atoms with van der Waals surface area (Å²) in [5, 5.41) is 0. The van der Waals surface area contributed by atoms with Crippen LogP contribution < -0.4 is 9.47 Å². The van der Waals surface area contributed by atoms with Crippen LogP contribution in [0.5, 0.6) is 11.5 Å². The third-order valence-corrected chi connectivity index (χ3v) is 3.50. The van der Waals surface area contributed by atoms with Gasteiger partial charge in [-0.15, -0.1) is 11.6 Å². The summed E-state index contributed by atoms with van der Waals surface area (Å²) >= 11 is 12.4. The second kappa shape index (κ2) is 7.41. The molecule has 0 saturated heterocycles. The Morgan fingerprint density at radius 1 is 1.12 bits per heavy atom. The molecule has 2 nitrogen and oxygen atoms in total. The molecule has 0 saturated carbocycles. The largest absolute Gasteiger partial charge is 0.496 e. The van der Waals surface area contributed by atoms with Crippen LogP contribution in [0.4, 0.5) is 0 Å². The van der Waals surface area contributed by atoms with Crippen molar-refractivity contribution in [3.8, 4) is 11.5 Å². The Hall–Kier alpha value is 0.0700. The Morgan fingerprint density at radius 2 is 1.75 bits per heavy atom. The summed E-state index contributed by atoms with van der Waals surface area (Å²) < 4.78 is 12.6. The number of hydrogen-bond donors (Lipinski definition) is 0. The lowest BCUT2D eigenvalue weighted by molar-refractivity contribution is 0.306. The fraction of sp³-hybridized carbons (Fsp3) is 0.455. The minimum atomic E-state index is 0.671. The normalized spacial score (nSPS) is 10.2. The monoisotopic (exact) mass is 370 g/mol. The van der Waals surface area contributed by atoms with Crippen molar-refractivity contribution in [1.82, 2.24) is 0 Å². The molecule has 0 heterocycles. The highest BCUT2D eigenvalue weighted by Gasteiger charge is 2.07. The summed E-state index contributed by atoms with van der Waals surface area (Å²) in [4.78, 5) is 0. The number of methoxy groups -OCH3 is 1. The van der Waals surface area contributed by atoms with Crippen LogP contribution in [0.3, 0.4) is 0 Å². The summed E-state index contributed by atoms with van der Waals surface area (Å²) in [6.07, 6.45) is 1.93. The first kappa shape index (κ1) is 14.1. The van der Waals surface area contributed by atoms with E-state index in [1.165, 1.54) is 0 Å². The maximum atomic E-state index is 5.63. The number of benzene rings is 1. The van der Waals surface area contributed by atoms with E-state index in [0.717, 1.165) is 33.3 Å². The second-order valence-electron chi connectivity index (χ2n) is 3.16. The van der Waals surface area contributed by atoms with Gasteiger partial charge < -0.3 is 9.47 Å². The van der Waals surface area contributed by atoms with Crippen LogP contribution in [-0.2, 0) is 0 Å². The minimum Gasteiger partial charge on any atom is -0.496 e. The molecule has 0 spiro atoms. The van der Waals surface area contributed by atoms with Crippen LogP contribution in [0.15, 0.2) is 21.1 Å². The third-order valence-electron chi connectivity index (χ3n) is 1.99. The van der Waals surface area contributed by atoms with Crippen LogP contribution in [0.2, 0.25) is 0 Å². The van der Waals surface area contributed by atoms with E-state index >= 15 is 0 Å². The highest BCUT2D eigenvalue weighted by Crippen LogP contribution is 2.35. The predicted molar refractivity (Wildman–Crippen MR) is 73.8 cm³/mol. The molecule has 1 aromatic rings. The summed E-state index contributed by atoms with van der Waals surface area (Å²) in [6, 6.07) is 3.77. The lowest BCUT2D eigenvalue weighted by Crippen LogP contribution is -1.98. The molecule has 0 amide bonds. The first-order chi connectivity index (χ1) is 7.69. The molecule has 1 aromatic carbocycles. The third kappa shape index (κ3) is 4.15. The number of rotatable bonds is 6. The minimum absolute atomic E-state index is 0.671. The Morgan fingerprint density at radius 3 is 2.38 bits per heavy atom. The zero-order valence-electron chi connectivity index (χ0n) is 8.93. The first-order valence-electron chi connectivity index (χ1n) is 4.91. The van der Waals surface area contributed by atoms with E-state index in [9.17, 15) is 0 Å². The molecule has 0 aliphatic rings. The summed E-state index contributed by atoms with van der Waals surface area (Å²) in [5.41, 5.74) is 0. The lowest BCUT2D eigenvalue weighted by atomic mass is 10.3. The van der Waals surface area contributed by atoms with Crippen molar-refractivity contribution in [2.45, 2.75) is 12.8 Å². The van der Waals surface area contributed by atoms with Crippen LogP contribution >= 0.6 is 43.5 Å². The molecule has 90 valence electrons. The van der Waals surface area contributed by atoms with Gasteiger partial charge in [-0.2, -0.15) is 0 Å². The van der Waals surface area contributed by atoms with Crippen molar-refractivity contribution in [1.29, 1.82) is 0 Å². The standard InChI is InChI=1S/C11H13Br2ClO2/c1-15-10-6-9(13)11(7-8(10)12)16-5-3-2-4-14/h6-7H,2-5H2,1H3. The topological polar surface area (TPSA) is 18.5 Å². The SMILES string of the molecule is COc1cc(Br)c(OCCCCCl)cc1Br. The zero-order chi connectivity index (χ0) is 12.0. The second-order valence-corrected chi connectivity index (χ2v) is 5.25. The lowest BCUT2D eigenvalue weighted by Gasteiger charge is -2.10. The van der Waals surface area contributed by atoms with Crippen LogP contribution in [0, 0.1) is 0 Å². The van der Waals surface area contributed by atoms with Gasteiger partial charge in [-0.1, -0.05) is 0 Å². The molecular formula is C11H13Br2ClO2. The van der Waals surface area contributed by atoms with Crippen LogP contribution in [0.1, 0.15) is 12.8 Å². The molecule has 0 fully saturated rings. The smallest absolute Gasteiger partial charge is 0.134 e. The Labute approximate surface area is 118 Å². The molecule has 0 atom stereocenters. The fourth-order valence-electron chi connectivity index (χ4n) is 1.16. The number of halogens is 3. The van der Waals surface area contributed by atoms with Gasteiger partial charge in [0.05, 0.1) is 22.7 Å². The van der Waals surface area contributed by atoms with Gasteiger partial charge in [0.25, 0.3) is 0 Å². The van der Waals surface area contributed by atoms with Crippen molar-refractivity contribution in [3.05, 3.63) is 21.1 Å². The molecule has 0 radical (unpaired) electrons. The number of hydrogen-bond acceptors (Lipinski definition) is 2. The number of ether oxygens (including phenoxy) is 2. The van der Waals surface area contributed by atoms with Crippen molar-refractivity contribution >= 4 is 43.5 Å². The van der Waals surface area contributed by atoms with Crippen molar-refractivity contribution in [2.24, 2.45) is 0 Å². The molecule has 0 bridgehead atoms. The van der Waals surface area contributed by atoms with Crippen molar-refractivity contribution < 1.29 is 9.47 Å². The van der Waals surface area contributed by atoms with E-state index in [4.69, 9.17) is 21.1 Å². The molecule has 0 aromatic heterocycles. The predicted octanol–water partition coefficient (Wildman–Crippen LogP) is 4.62. The molecular weight excluding hydrogens is 359 g/mol. The Balaban J connectivity index is 2.63. The maximum Gasteiger partial charge on any atom is 0.134 e. The summed E-state index contributed by atoms with van der Waals surface area (Å²) in [6.45, 7) is 0.671. The van der Waals surface area contributed by atoms with Gasteiger partial charge in [0, 0.05) is 5.88 Å². The highest BCUT2D eigenvalue weighted by atomic mass is 79.9. The van der Waals surface area contributed by atoms with E-state index < -0.39 is 0 Å². The van der Waals surface area contributed by atoms with Crippen LogP contribution in [-0.4, -0.2) is 19.6 Å². The molecule has 16 heavy (non-hydrogen) atoms. The zero-order valence-corrected chi connectivity index (χ0v) is 12.9. The molecule has 1 rings (SSSR count). The van der Waals surface area contributed by atoms with E-state index in [-0.39, 0.29) is 0 Å². The molecule has 0 aliphatic heterocycles. The van der Waals surface area contributed by atoms with Gasteiger partial charge in [-0.3, -0.25) is 0 Å². The van der Waals surface area contributed by atoms with Crippen molar-refractivity contribution in [2.75, 3.05) is 19.6 Å². The van der Waals surface area contributed by atoms with Crippen molar-refractivity contribution in [3.63, 3.8) is 0 Å². The summed E-state index contributed by atoms with van der Waals surface area (Å²) in [7, 11) is 1.63. The van der Waals surface area contributed by atoms with E-state index in [1.807, 2.05) is 12.1 Å². The van der Waals surface area contributed by atoms with Gasteiger partial charge in [0.15, 0.2) is 0 Å². The van der Waals surface area contributed by atoms with E-state index in [1.54, 1.807) is 7.11 Å². The number of unbranched alkanes of at least 4 members (excludes halogenated alkanes) is 1. The van der Waals surface area contributed by atoms with Gasteiger partial charge >= 0.3 is 0 Å². The van der Waals surface area contributed by atoms with E-state index in [2.05, 4.69) is 31.9 Å². The molecule has 5 heteroatoms. The molecule has 0 aliphatic carbocycles. The first-order valence-corrected chi connectivity index (χ1v) is 7.03. The fourth-order valence-corrected chi connectivity index (χ4v) is 2.27. The molecule has 0 N–H and O–H groups in total. The van der Waals surface area contributed by atoms with Gasteiger partial charge in [-0.25, -0.2) is 0 Å². The Bertz CT molecular complexity index is 345. The number of alkyl halides is 1. The quantitative estimate of drug-likeness (QED) is 0.536. The highest BCUT2D eigenvalue weighted by molar-refractivity contribution is 9.11. The maximum absolute atomic E-state index is 5.63. The Kier molecular flexibility index (Phi) is 6.54. The van der Waals surface area contributed by atoms with E-state index in [0.29, 0.717) is 12.5 Å². The van der Waals surface area contributed by atoms with Gasteiger partial charge in [0.2, 0.25) is 0 Å². The molecule has 0 unspecified atom stereocenters. The van der Waals surface area contributed by atoms with Crippen LogP contribution in [0.25, 0.3) is 0 Å². The average molecular weight is 372 g/mol. The summed E-state index contributed by atoms with van der Waals surface area (Å²) in [5.74, 6) is 2.26. The van der Waals surface area contributed by atoms with Gasteiger partial charge in [0.1, 0.15) is 11.5 Å². The average Bonchev–Trinajstić information content (AvgIpc) is 2.28. The van der Waals surface area contributed by atoms with Gasteiger partial charge in [-0.05, 0) is 56.8 Å².